The number of ether oxygens (including phenoxy) is 1. The maximum Gasteiger partial charge on any atom is 0.319 e. The van der Waals surface area contributed by atoms with Crippen LogP contribution in [0.3, 0.4) is 0 Å². The van der Waals surface area contributed by atoms with Crippen molar-refractivity contribution in [3.8, 4) is 0 Å². The van der Waals surface area contributed by atoms with Crippen molar-refractivity contribution in [3.05, 3.63) is 29.3 Å². The molecule has 1 aromatic rings. The van der Waals surface area contributed by atoms with Crippen LogP contribution >= 0.6 is 11.6 Å². The molecule has 2 N–H and O–H groups in total. The van der Waals surface area contributed by atoms with Crippen molar-refractivity contribution in [2.75, 3.05) is 18.5 Å². The summed E-state index contributed by atoms with van der Waals surface area (Å²) in [5.74, 6) is -0.161. The van der Waals surface area contributed by atoms with Gasteiger partial charge in [0.15, 0.2) is 0 Å². The molecule has 0 aliphatic rings. The number of unbranched alkanes of at least 4 members (excludes halogenated alkanes) is 2. The van der Waals surface area contributed by atoms with E-state index in [2.05, 4.69) is 10.6 Å². The first kappa shape index (κ1) is 17.3. The molecule has 0 saturated carbocycles. The summed E-state index contributed by atoms with van der Waals surface area (Å²) < 4.78 is 4.83. The minimum Gasteiger partial charge on any atom is -0.466 e. The van der Waals surface area contributed by atoms with Crippen LogP contribution in [0.25, 0.3) is 0 Å². The number of rotatable bonds is 8. The van der Waals surface area contributed by atoms with Gasteiger partial charge in [-0.15, -0.1) is 0 Å². The number of carbonyl (C=O) groups excluding carboxylic acids is 2. The minimum absolute atomic E-state index is 0.161. The molecule has 0 unspecified atom stereocenters. The van der Waals surface area contributed by atoms with Crippen LogP contribution in [-0.4, -0.2) is 25.2 Å². The van der Waals surface area contributed by atoms with Gasteiger partial charge in [-0.25, -0.2) is 4.79 Å². The predicted octanol–water partition coefficient (Wildman–Crippen LogP) is 3.59. The van der Waals surface area contributed by atoms with E-state index in [-0.39, 0.29) is 12.0 Å². The van der Waals surface area contributed by atoms with Gasteiger partial charge in [0.05, 0.1) is 6.61 Å². The van der Waals surface area contributed by atoms with Crippen molar-refractivity contribution in [3.63, 3.8) is 0 Å². The standard InChI is InChI=1S/C15H21ClN2O3/c1-2-21-14(19)6-4-3-5-11-17-15(20)18-13-9-7-12(16)8-10-13/h7-10H,2-6,11H2,1H3,(H2,17,18,20). The molecule has 0 aromatic heterocycles. The van der Waals surface area contributed by atoms with Crippen molar-refractivity contribution in [2.45, 2.75) is 32.6 Å². The first-order valence-electron chi connectivity index (χ1n) is 7.08. The number of carbonyl (C=O) groups is 2. The molecule has 0 saturated heterocycles. The van der Waals surface area contributed by atoms with Crippen LogP contribution in [-0.2, 0) is 9.53 Å². The third-order valence-electron chi connectivity index (χ3n) is 2.75. The summed E-state index contributed by atoms with van der Waals surface area (Å²) >= 11 is 5.76. The molecule has 5 nitrogen and oxygen atoms in total. The van der Waals surface area contributed by atoms with Crippen LogP contribution in [0.4, 0.5) is 10.5 Å². The fourth-order valence-electron chi connectivity index (χ4n) is 1.71. The smallest absolute Gasteiger partial charge is 0.319 e. The number of halogens is 1. The second-order valence-corrected chi connectivity index (χ2v) is 4.94. The maximum atomic E-state index is 11.6. The van der Waals surface area contributed by atoms with Crippen LogP contribution < -0.4 is 10.6 Å². The fraction of sp³-hybridized carbons (Fsp3) is 0.467. The molecule has 2 amide bonds. The van der Waals surface area contributed by atoms with Gasteiger partial charge in [-0.3, -0.25) is 4.79 Å². The van der Waals surface area contributed by atoms with E-state index in [1.54, 1.807) is 31.2 Å². The van der Waals surface area contributed by atoms with Gasteiger partial charge in [-0.05, 0) is 44.0 Å². The molecule has 0 bridgehead atoms. The molecule has 0 aliphatic carbocycles. The normalized spacial score (nSPS) is 10.0. The second kappa shape index (κ2) is 10.0. The zero-order chi connectivity index (χ0) is 15.5. The van der Waals surface area contributed by atoms with Gasteiger partial charge >= 0.3 is 12.0 Å². The average Bonchev–Trinajstić information content (AvgIpc) is 2.45. The lowest BCUT2D eigenvalue weighted by Gasteiger charge is -2.07. The summed E-state index contributed by atoms with van der Waals surface area (Å²) in [7, 11) is 0. The highest BCUT2D eigenvalue weighted by Crippen LogP contribution is 2.13. The highest BCUT2D eigenvalue weighted by Gasteiger charge is 2.02. The van der Waals surface area contributed by atoms with Crippen molar-refractivity contribution in [2.24, 2.45) is 0 Å². The summed E-state index contributed by atoms with van der Waals surface area (Å²) in [4.78, 5) is 22.7. The van der Waals surface area contributed by atoms with E-state index < -0.39 is 0 Å². The number of anilines is 1. The van der Waals surface area contributed by atoms with Crippen molar-refractivity contribution < 1.29 is 14.3 Å². The lowest BCUT2D eigenvalue weighted by atomic mass is 10.2. The topological polar surface area (TPSA) is 67.4 Å². The lowest BCUT2D eigenvalue weighted by Crippen LogP contribution is -2.29. The number of hydrogen-bond donors (Lipinski definition) is 2. The Labute approximate surface area is 130 Å². The monoisotopic (exact) mass is 312 g/mol. The highest BCUT2D eigenvalue weighted by atomic mass is 35.5. The van der Waals surface area contributed by atoms with Crippen LogP contribution in [0.1, 0.15) is 32.6 Å². The van der Waals surface area contributed by atoms with E-state index in [0.717, 1.165) is 19.3 Å². The van der Waals surface area contributed by atoms with E-state index in [0.29, 0.717) is 30.3 Å². The van der Waals surface area contributed by atoms with Crippen molar-refractivity contribution in [1.82, 2.24) is 5.32 Å². The first-order chi connectivity index (χ1) is 10.1. The van der Waals surface area contributed by atoms with Gasteiger partial charge in [-0.2, -0.15) is 0 Å². The zero-order valence-electron chi connectivity index (χ0n) is 12.2. The second-order valence-electron chi connectivity index (χ2n) is 4.50. The molecule has 6 heteroatoms. The van der Waals surface area contributed by atoms with E-state index in [1.807, 2.05) is 0 Å². The Morgan fingerprint density at radius 3 is 2.52 bits per heavy atom. The number of amides is 2. The Bertz CT molecular complexity index is 449. The molecule has 21 heavy (non-hydrogen) atoms. The number of urea groups is 1. The Balaban J connectivity index is 2.06. The Morgan fingerprint density at radius 1 is 1.14 bits per heavy atom. The third-order valence-corrected chi connectivity index (χ3v) is 3.00. The van der Waals surface area contributed by atoms with Gasteiger partial charge in [-0.1, -0.05) is 18.0 Å². The van der Waals surface area contributed by atoms with Crippen LogP contribution in [0.5, 0.6) is 0 Å². The molecule has 0 radical (unpaired) electrons. The van der Waals surface area contributed by atoms with E-state index >= 15 is 0 Å². The molecule has 1 aromatic carbocycles. The minimum atomic E-state index is -0.247. The molecular formula is C15H21ClN2O3. The molecule has 116 valence electrons. The Morgan fingerprint density at radius 2 is 1.86 bits per heavy atom. The number of esters is 1. The van der Waals surface area contributed by atoms with Crippen molar-refractivity contribution in [1.29, 1.82) is 0 Å². The summed E-state index contributed by atoms with van der Waals surface area (Å²) in [6.45, 7) is 2.79. The maximum absolute atomic E-state index is 11.6. The summed E-state index contributed by atoms with van der Waals surface area (Å²) in [5.41, 5.74) is 0.694. The molecule has 0 fully saturated rings. The molecule has 0 aliphatic heterocycles. The molecule has 1 rings (SSSR count). The van der Waals surface area contributed by atoms with Gasteiger partial charge < -0.3 is 15.4 Å². The quantitative estimate of drug-likeness (QED) is 0.569. The van der Waals surface area contributed by atoms with Gasteiger partial charge in [0.25, 0.3) is 0 Å². The molecule has 0 heterocycles. The zero-order valence-corrected chi connectivity index (χ0v) is 12.9. The predicted molar refractivity (Wildman–Crippen MR) is 83.6 cm³/mol. The largest absolute Gasteiger partial charge is 0.466 e. The van der Waals surface area contributed by atoms with Crippen LogP contribution in [0.2, 0.25) is 5.02 Å². The van der Waals surface area contributed by atoms with Crippen molar-refractivity contribution >= 4 is 29.3 Å². The SMILES string of the molecule is CCOC(=O)CCCCCNC(=O)Nc1ccc(Cl)cc1. The fourth-order valence-corrected chi connectivity index (χ4v) is 1.84. The summed E-state index contributed by atoms with van der Waals surface area (Å²) in [6.07, 6.45) is 2.91. The molecule has 0 spiro atoms. The Kier molecular flexibility index (Phi) is 8.28. The average molecular weight is 313 g/mol. The van der Waals surface area contributed by atoms with E-state index in [9.17, 15) is 9.59 Å². The first-order valence-corrected chi connectivity index (χ1v) is 7.45. The lowest BCUT2D eigenvalue weighted by molar-refractivity contribution is -0.143. The highest BCUT2D eigenvalue weighted by molar-refractivity contribution is 6.30. The summed E-state index contributed by atoms with van der Waals surface area (Å²) in [5, 5.41) is 6.10. The number of nitrogens with one attached hydrogen (secondary N) is 2. The molecular weight excluding hydrogens is 292 g/mol. The van der Waals surface area contributed by atoms with Gasteiger partial charge in [0, 0.05) is 23.7 Å². The van der Waals surface area contributed by atoms with Gasteiger partial charge in [0.1, 0.15) is 0 Å². The Hall–Kier alpha value is -1.75. The van der Waals surface area contributed by atoms with Crippen LogP contribution in [0, 0.1) is 0 Å². The van der Waals surface area contributed by atoms with E-state index in [4.69, 9.17) is 16.3 Å². The summed E-state index contributed by atoms with van der Waals surface area (Å²) in [6, 6.07) is 6.66. The third kappa shape index (κ3) is 8.19. The number of benzene rings is 1. The van der Waals surface area contributed by atoms with Crippen LogP contribution in [0.15, 0.2) is 24.3 Å². The molecule has 0 atom stereocenters. The van der Waals surface area contributed by atoms with E-state index in [1.165, 1.54) is 0 Å². The number of hydrogen-bond acceptors (Lipinski definition) is 3. The van der Waals surface area contributed by atoms with Gasteiger partial charge in [0.2, 0.25) is 0 Å².